The van der Waals surface area contributed by atoms with Gasteiger partial charge in [-0.1, -0.05) is 20.3 Å². The second-order valence-corrected chi connectivity index (χ2v) is 3.85. The van der Waals surface area contributed by atoms with Crippen LogP contribution in [0.2, 0.25) is 0 Å². The van der Waals surface area contributed by atoms with Crippen molar-refractivity contribution in [2.45, 2.75) is 46.5 Å². The summed E-state index contributed by atoms with van der Waals surface area (Å²) in [5.74, 6) is -0.0252. The Hall–Kier alpha value is -1.06. The lowest BCUT2D eigenvalue weighted by molar-refractivity contribution is -0.132. The Labute approximate surface area is 98.4 Å². The molecule has 0 saturated heterocycles. The molecule has 94 valence electrons. The normalized spacial score (nSPS) is 9.94. The molecule has 0 atom stereocenters. The lowest BCUT2D eigenvalue weighted by atomic mass is 10.3. The fourth-order valence-corrected chi connectivity index (χ4v) is 1.41. The van der Waals surface area contributed by atoms with Crippen molar-refractivity contribution in [1.82, 2.24) is 10.2 Å². The molecule has 0 unspecified atom stereocenters. The largest absolute Gasteiger partial charge is 0.347 e. The molecule has 0 radical (unpaired) electrons. The van der Waals surface area contributed by atoms with E-state index in [9.17, 15) is 9.59 Å². The third kappa shape index (κ3) is 6.43. The molecule has 2 amide bonds. The zero-order valence-electron chi connectivity index (χ0n) is 10.7. The van der Waals surface area contributed by atoms with Crippen molar-refractivity contribution in [2.75, 3.05) is 19.6 Å². The third-order valence-corrected chi connectivity index (χ3v) is 2.43. The molecule has 0 aliphatic rings. The molecule has 0 aliphatic heterocycles. The van der Waals surface area contributed by atoms with E-state index in [0.717, 1.165) is 25.8 Å². The summed E-state index contributed by atoms with van der Waals surface area (Å²) in [4.78, 5) is 24.7. The van der Waals surface area contributed by atoms with E-state index in [1.807, 2.05) is 13.8 Å². The summed E-state index contributed by atoms with van der Waals surface area (Å²) in [6.07, 6.45) is 3.40. The molecule has 0 saturated carbocycles. The number of likely N-dealkylation sites (N-methyl/N-ethyl adjacent to an activating group) is 1. The van der Waals surface area contributed by atoms with Gasteiger partial charge in [0.1, 0.15) is 0 Å². The quantitative estimate of drug-likeness (QED) is 0.685. The molecule has 0 rings (SSSR count). The molecule has 0 bridgehead atoms. The van der Waals surface area contributed by atoms with Crippen LogP contribution in [0, 0.1) is 0 Å². The minimum atomic E-state index is -0.0394. The molecule has 0 aromatic heterocycles. The van der Waals surface area contributed by atoms with Crippen molar-refractivity contribution in [2.24, 2.45) is 0 Å². The third-order valence-electron chi connectivity index (χ3n) is 2.43. The predicted molar refractivity (Wildman–Crippen MR) is 65.1 cm³/mol. The highest BCUT2D eigenvalue weighted by molar-refractivity contribution is 5.84. The topological polar surface area (TPSA) is 49.4 Å². The Kier molecular flexibility index (Phi) is 8.58. The molecule has 0 heterocycles. The summed E-state index contributed by atoms with van der Waals surface area (Å²) in [5.41, 5.74) is 0. The molecule has 0 fully saturated rings. The number of unbranched alkanes of at least 4 members (excludes halogenated alkanes) is 1. The van der Waals surface area contributed by atoms with Crippen LogP contribution in [0.4, 0.5) is 0 Å². The zero-order chi connectivity index (χ0) is 12.4. The lowest BCUT2D eigenvalue weighted by Gasteiger charge is -2.20. The molecule has 0 spiro atoms. The number of hydrogen-bond donors (Lipinski definition) is 1. The number of nitrogens with zero attached hydrogens (tertiary/aromatic N) is 1. The van der Waals surface area contributed by atoms with Crippen LogP contribution in [0.15, 0.2) is 0 Å². The average molecular weight is 228 g/mol. The summed E-state index contributed by atoms with van der Waals surface area (Å²) in [7, 11) is 0. The first kappa shape index (κ1) is 14.9. The average Bonchev–Trinajstić information content (AvgIpc) is 2.28. The highest BCUT2D eigenvalue weighted by Gasteiger charge is 2.11. The van der Waals surface area contributed by atoms with Gasteiger partial charge in [-0.3, -0.25) is 9.59 Å². The monoisotopic (exact) mass is 228 g/mol. The lowest BCUT2D eigenvalue weighted by Crippen LogP contribution is -2.40. The predicted octanol–water partition coefficient (Wildman–Crippen LogP) is 1.55. The van der Waals surface area contributed by atoms with Gasteiger partial charge in [0.05, 0.1) is 6.54 Å². The smallest absolute Gasteiger partial charge is 0.241 e. The number of nitrogens with one attached hydrogen (secondary N) is 1. The molecule has 0 aliphatic carbocycles. The molecule has 0 aromatic rings. The summed E-state index contributed by atoms with van der Waals surface area (Å²) < 4.78 is 0. The molecule has 1 N–H and O–H groups in total. The van der Waals surface area contributed by atoms with Crippen molar-refractivity contribution in [1.29, 1.82) is 0 Å². The van der Waals surface area contributed by atoms with E-state index in [2.05, 4.69) is 12.2 Å². The molecule has 0 aromatic carbocycles. The first-order valence-corrected chi connectivity index (χ1v) is 6.20. The number of carbonyl (C=O) groups is 2. The number of hydrogen-bond acceptors (Lipinski definition) is 2. The van der Waals surface area contributed by atoms with Crippen molar-refractivity contribution in [3.05, 3.63) is 0 Å². The maximum Gasteiger partial charge on any atom is 0.241 e. The van der Waals surface area contributed by atoms with Crippen LogP contribution in [0.25, 0.3) is 0 Å². The second-order valence-electron chi connectivity index (χ2n) is 3.85. The second kappa shape index (κ2) is 9.19. The van der Waals surface area contributed by atoms with Crippen molar-refractivity contribution in [3.63, 3.8) is 0 Å². The van der Waals surface area contributed by atoms with Crippen LogP contribution in [0.1, 0.15) is 46.5 Å². The number of carbonyl (C=O) groups excluding carboxylic acids is 2. The van der Waals surface area contributed by atoms with Gasteiger partial charge < -0.3 is 10.2 Å². The Morgan fingerprint density at radius 1 is 1.12 bits per heavy atom. The summed E-state index contributed by atoms with van der Waals surface area (Å²) in [6.45, 7) is 7.64. The van der Waals surface area contributed by atoms with E-state index in [4.69, 9.17) is 0 Å². The Bertz CT molecular complexity index is 217. The van der Waals surface area contributed by atoms with Gasteiger partial charge in [0, 0.05) is 19.5 Å². The van der Waals surface area contributed by atoms with E-state index in [-0.39, 0.29) is 18.4 Å². The Morgan fingerprint density at radius 3 is 2.31 bits per heavy atom. The van der Waals surface area contributed by atoms with Gasteiger partial charge in [-0.2, -0.15) is 0 Å². The minimum absolute atomic E-state index is 0.0143. The van der Waals surface area contributed by atoms with Gasteiger partial charge in [-0.15, -0.1) is 0 Å². The van der Waals surface area contributed by atoms with Gasteiger partial charge in [0.15, 0.2) is 0 Å². The van der Waals surface area contributed by atoms with Crippen LogP contribution in [0.3, 0.4) is 0 Å². The molecular weight excluding hydrogens is 204 g/mol. The van der Waals surface area contributed by atoms with Gasteiger partial charge >= 0.3 is 0 Å². The highest BCUT2D eigenvalue weighted by Crippen LogP contribution is 1.95. The van der Waals surface area contributed by atoms with Crippen molar-refractivity contribution < 1.29 is 9.59 Å². The molecule has 16 heavy (non-hydrogen) atoms. The molecule has 4 heteroatoms. The molecular formula is C12H24N2O2. The first-order valence-electron chi connectivity index (χ1n) is 6.20. The van der Waals surface area contributed by atoms with Crippen LogP contribution >= 0.6 is 0 Å². The van der Waals surface area contributed by atoms with Crippen molar-refractivity contribution in [3.8, 4) is 0 Å². The Balaban J connectivity index is 3.87. The van der Waals surface area contributed by atoms with E-state index < -0.39 is 0 Å². The molecule has 4 nitrogen and oxygen atoms in total. The van der Waals surface area contributed by atoms with Gasteiger partial charge in [0.2, 0.25) is 11.8 Å². The summed E-state index contributed by atoms with van der Waals surface area (Å²) >= 11 is 0. The van der Waals surface area contributed by atoms with Gasteiger partial charge in [0.25, 0.3) is 0 Å². The number of amides is 2. The van der Waals surface area contributed by atoms with E-state index in [0.29, 0.717) is 13.0 Å². The summed E-state index contributed by atoms with van der Waals surface area (Å²) in [6, 6.07) is 0. The Morgan fingerprint density at radius 2 is 1.81 bits per heavy atom. The fourth-order valence-electron chi connectivity index (χ4n) is 1.41. The van der Waals surface area contributed by atoms with Gasteiger partial charge in [-0.25, -0.2) is 0 Å². The van der Waals surface area contributed by atoms with Crippen LogP contribution in [-0.4, -0.2) is 36.3 Å². The maximum atomic E-state index is 11.7. The number of rotatable bonds is 8. The first-order chi connectivity index (χ1) is 7.65. The fraction of sp³-hybridized carbons (Fsp3) is 0.833. The van der Waals surface area contributed by atoms with Crippen LogP contribution < -0.4 is 5.32 Å². The standard InChI is InChI=1S/C12H24N2O2/c1-4-7-9-14(6-3)12(16)10-13-11(15)8-5-2/h4-10H2,1-3H3,(H,13,15). The maximum absolute atomic E-state index is 11.7. The van der Waals surface area contributed by atoms with Crippen LogP contribution in [-0.2, 0) is 9.59 Å². The minimum Gasteiger partial charge on any atom is -0.347 e. The van der Waals surface area contributed by atoms with Crippen LogP contribution in [0.5, 0.6) is 0 Å². The highest BCUT2D eigenvalue weighted by atomic mass is 16.2. The zero-order valence-corrected chi connectivity index (χ0v) is 10.7. The summed E-state index contributed by atoms with van der Waals surface area (Å²) in [5, 5.41) is 2.64. The van der Waals surface area contributed by atoms with Gasteiger partial charge in [-0.05, 0) is 19.8 Å². The van der Waals surface area contributed by atoms with E-state index in [1.54, 1.807) is 4.90 Å². The van der Waals surface area contributed by atoms with Crippen molar-refractivity contribution >= 4 is 11.8 Å². The SMILES string of the molecule is CCCCN(CC)C(=O)CNC(=O)CCC. The van der Waals surface area contributed by atoms with E-state index >= 15 is 0 Å². The van der Waals surface area contributed by atoms with E-state index in [1.165, 1.54) is 0 Å².